The Morgan fingerprint density at radius 1 is 1.57 bits per heavy atom. The summed E-state index contributed by atoms with van der Waals surface area (Å²) in [5, 5.41) is 10.8. The molecule has 2 aromatic rings. The molecule has 0 aliphatic heterocycles. The number of amides is 1. The second-order valence-electron chi connectivity index (χ2n) is 4.92. The van der Waals surface area contributed by atoms with Crippen molar-refractivity contribution in [3.63, 3.8) is 0 Å². The normalized spacial score (nSPS) is 15.3. The molecule has 3 rings (SSSR count). The first kappa shape index (κ1) is 13.7. The van der Waals surface area contributed by atoms with Crippen LogP contribution in [0, 0.1) is 16.0 Å². The number of hydrogen-bond donors (Lipinski definition) is 0. The quantitative estimate of drug-likeness (QED) is 0.495. The van der Waals surface area contributed by atoms with Crippen LogP contribution in [0.4, 0.5) is 5.69 Å². The zero-order valence-corrected chi connectivity index (χ0v) is 12.0. The van der Waals surface area contributed by atoms with Gasteiger partial charge in [0.25, 0.3) is 11.6 Å². The van der Waals surface area contributed by atoms with Crippen molar-refractivity contribution in [2.24, 2.45) is 10.9 Å². The maximum atomic E-state index is 11.9. The van der Waals surface area contributed by atoms with E-state index in [0.717, 1.165) is 23.1 Å². The van der Waals surface area contributed by atoms with Crippen molar-refractivity contribution in [2.75, 3.05) is 0 Å². The highest BCUT2D eigenvalue weighted by molar-refractivity contribution is 7.16. The van der Waals surface area contributed by atoms with Gasteiger partial charge in [0.2, 0.25) is 0 Å². The van der Waals surface area contributed by atoms with Gasteiger partial charge in [-0.2, -0.15) is 4.99 Å². The van der Waals surface area contributed by atoms with Gasteiger partial charge in [-0.05, 0) is 18.9 Å². The number of nitro benzene ring substituents is 1. The maximum absolute atomic E-state index is 11.9. The van der Waals surface area contributed by atoms with Crippen molar-refractivity contribution in [1.82, 2.24) is 4.57 Å². The summed E-state index contributed by atoms with van der Waals surface area (Å²) in [4.78, 5) is 27.0. The first-order chi connectivity index (χ1) is 10.1. The van der Waals surface area contributed by atoms with Crippen molar-refractivity contribution in [2.45, 2.75) is 19.4 Å². The topological polar surface area (TPSA) is 77.5 Å². The van der Waals surface area contributed by atoms with Crippen LogP contribution in [0.15, 0.2) is 35.8 Å². The zero-order valence-electron chi connectivity index (χ0n) is 11.2. The number of benzene rings is 1. The number of carbonyl (C=O) groups excluding carboxylic acids is 1. The highest BCUT2D eigenvalue weighted by Crippen LogP contribution is 2.30. The molecule has 7 heteroatoms. The van der Waals surface area contributed by atoms with Crippen molar-refractivity contribution in [3.05, 3.63) is 45.8 Å². The molecule has 0 atom stereocenters. The largest absolute Gasteiger partial charge is 0.312 e. The summed E-state index contributed by atoms with van der Waals surface area (Å²) in [6.07, 6.45) is 3.52. The van der Waals surface area contributed by atoms with Gasteiger partial charge >= 0.3 is 0 Å². The summed E-state index contributed by atoms with van der Waals surface area (Å²) in [6, 6.07) is 4.66. The molecule has 1 fully saturated rings. The maximum Gasteiger partial charge on any atom is 0.270 e. The summed E-state index contributed by atoms with van der Waals surface area (Å²) >= 11 is 1.29. The third-order valence-electron chi connectivity index (χ3n) is 3.32. The number of nitrogens with zero attached hydrogens (tertiary/aromatic N) is 3. The van der Waals surface area contributed by atoms with Crippen molar-refractivity contribution in [3.8, 4) is 0 Å². The molecule has 1 aliphatic rings. The van der Waals surface area contributed by atoms with Gasteiger partial charge < -0.3 is 4.57 Å². The molecule has 1 aromatic heterocycles. The molecule has 1 aromatic carbocycles. The number of nitro groups is 1. The van der Waals surface area contributed by atoms with Crippen LogP contribution >= 0.6 is 11.3 Å². The Kier molecular flexibility index (Phi) is 3.42. The van der Waals surface area contributed by atoms with E-state index in [1.54, 1.807) is 12.1 Å². The standard InChI is InChI=1S/C14H13N3O3S/c1-2-7-16-11-6-5-10(17(19)20)8-12(11)21-14(16)15-13(18)9-3-4-9/h2,5-6,8-9H,1,3-4,7H2. The molecule has 6 nitrogen and oxygen atoms in total. The van der Waals surface area contributed by atoms with E-state index in [-0.39, 0.29) is 17.5 Å². The number of allylic oxidation sites excluding steroid dienone is 1. The van der Waals surface area contributed by atoms with Crippen molar-refractivity contribution in [1.29, 1.82) is 0 Å². The second-order valence-corrected chi connectivity index (χ2v) is 5.93. The molecule has 1 amide bonds. The summed E-state index contributed by atoms with van der Waals surface area (Å²) in [6.45, 7) is 4.21. The van der Waals surface area contributed by atoms with Gasteiger partial charge in [0, 0.05) is 24.6 Å². The van der Waals surface area contributed by atoms with Crippen LogP contribution in [-0.2, 0) is 11.3 Å². The highest BCUT2D eigenvalue weighted by atomic mass is 32.1. The number of aromatic nitrogens is 1. The number of rotatable bonds is 4. The van der Waals surface area contributed by atoms with E-state index < -0.39 is 4.92 Å². The molecule has 1 heterocycles. The van der Waals surface area contributed by atoms with Crippen LogP contribution in [-0.4, -0.2) is 15.4 Å². The first-order valence-electron chi connectivity index (χ1n) is 6.57. The second kappa shape index (κ2) is 5.25. The van der Waals surface area contributed by atoms with E-state index in [1.807, 2.05) is 4.57 Å². The molecule has 0 spiro atoms. The smallest absolute Gasteiger partial charge is 0.270 e. The van der Waals surface area contributed by atoms with E-state index >= 15 is 0 Å². The molecular formula is C14H13N3O3S. The number of hydrogen-bond acceptors (Lipinski definition) is 4. The van der Waals surface area contributed by atoms with E-state index in [9.17, 15) is 14.9 Å². The molecule has 0 radical (unpaired) electrons. The average Bonchev–Trinajstić information content (AvgIpc) is 3.24. The van der Waals surface area contributed by atoms with Gasteiger partial charge in [-0.15, -0.1) is 6.58 Å². The summed E-state index contributed by atoms with van der Waals surface area (Å²) < 4.78 is 2.60. The molecule has 1 aliphatic carbocycles. The predicted octanol–water partition coefficient (Wildman–Crippen LogP) is 2.63. The molecule has 0 bridgehead atoms. The van der Waals surface area contributed by atoms with E-state index in [1.165, 1.54) is 23.5 Å². The lowest BCUT2D eigenvalue weighted by Gasteiger charge is -2.00. The number of carbonyl (C=O) groups is 1. The van der Waals surface area contributed by atoms with Gasteiger partial charge in [0.1, 0.15) is 0 Å². The summed E-state index contributed by atoms with van der Waals surface area (Å²) in [5.74, 6) is -0.0457. The highest BCUT2D eigenvalue weighted by Gasteiger charge is 2.29. The van der Waals surface area contributed by atoms with Gasteiger partial charge in [-0.1, -0.05) is 17.4 Å². The van der Waals surface area contributed by atoms with Crippen molar-refractivity contribution >= 4 is 33.1 Å². The van der Waals surface area contributed by atoms with E-state index in [4.69, 9.17) is 0 Å². The van der Waals surface area contributed by atoms with Crippen LogP contribution in [0.5, 0.6) is 0 Å². The van der Waals surface area contributed by atoms with Gasteiger partial charge in [0.15, 0.2) is 4.80 Å². The van der Waals surface area contributed by atoms with Crippen LogP contribution < -0.4 is 4.80 Å². The Morgan fingerprint density at radius 3 is 2.95 bits per heavy atom. The van der Waals surface area contributed by atoms with Crippen LogP contribution in [0.2, 0.25) is 0 Å². The Bertz CT molecular complexity index is 814. The molecule has 0 N–H and O–H groups in total. The average molecular weight is 303 g/mol. The number of thiazole rings is 1. The van der Waals surface area contributed by atoms with E-state index in [0.29, 0.717) is 11.3 Å². The third-order valence-corrected chi connectivity index (χ3v) is 4.36. The predicted molar refractivity (Wildman–Crippen MR) is 80.0 cm³/mol. The molecule has 0 unspecified atom stereocenters. The van der Waals surface area contributed by atoms with Crippen LogP contribution in [0.3, 0.4) is 0 Å². The fourth-order valence-electron chi connectivity index (χ4n) is 2.08. The molecule has 21 heavy (non-hydrogen) atoms. The van der Waals surface area contributed by atoms with Gasteiger partial charge in [0.05, 0.1) is 15.1 Å². The van der Waals surface area contributed by atoms with E-state index in [2.05, 4.69) is 11.6 Å². The number of fused-ring (bicyclic) bond motifs is 1. The van der Waals surface area contributed by atoms with Crippen LogP contribution in [0.1, 0.15) is 12.8 Å². The van der Waals surface area contributed by atoms with Gasteiger partial charge in [-0.3, -0.25) is 14.9 Å². The summed E-state index contributed by atoms with van der Waals surface area (Å²) in [5.41, 5.74) is 0.863. The Morgan fingerprint density at radius 2 is 2.33 bits per heavy atom. The fourth-order valence-corrected chi connectivity index (χ4v) is 3.16. The minimum absolute atomic E-state index is 0.0366. The minimum atomic E-state index is -0.427. The third kappa shape index (κ3) is 2.64. The lowest BCUT2D eigenvalue weighted by molar-refractivity contribution is -0.384. The first-order valence-corrected chi connectivity index (χ1v) is 7.39. The Hall–Kier alpha value is -2.28. The zero-order chi connectivity index (χ0) is 15.0. The van der Waals surface area contributed by atoms with Crippen LogP contribution in [0.25, 0.3) is 10.2 Å². The Labute approximate surface area is 124 Å². The molecule has 0 saturated heterocycles. The minimum Gasteiger partial charge on any atom is -0.312 e. The van der Waals surface area contributed by atoms with Gasteiger partial charge in [-0.25, -0.2) is 0 Å². The van der Waals surface area contributed by atoms with Crippen molar-refractivity contribution < 1.29 is 9.72 Å². The lowest BCUT2D eigenvalue weighted by Crippen LogP contribution is -2.16. The summed E-state index contributed by atoms with van der Waals surface area (Å²) in [7, 11) is 0. The molecule has 108 valence electrons. The lowest BCUT2D eigenvalue weighted by atomic mass is 10.3. The fraction of sp³-hybridized carbons (Fsp3) is 0.286. The molecule has 1 saturated carbocycles. The SMILES string of the molecule is C=CCn1c(=NC(=O)C2CC2)sc2cc([N+](=O)[O-])ccc21. The number of non-ortho nitro benzene ring substituents is 1. The molecular weight excluding hydrogens is 290 g/mol. The Balaban J connectivity index is 2.17. The monoisotopic (exact) mass is 303 g/mol.